The Kier molecular flexibility index (Phi) is 5.27. The van der Waals surface area contributed by atoms with Gasteiger partial charge in [0.25, 0.3) is 0 Å². The summed E-state index contributed by atoms with van der Waals surface area (Å²) in [5.74, 6) is 0. The molecule has 1 aromatic rings. The van der Waals surface area contributed by atoms with Crippen LogP contribution in [0.25, 0.3) is 0 Å². The number of methoxy groups -OCH3 is 1. The molecule has 0 fully saturated rings. The highest BCUT2D eigenvalue weighted by Crippen LogP contribution is 2.20. The molecule has 0 saturated heterocycles. The van der Waals surface area contributed by atoms with Crippen molar-refractivity contribution in [2.75, 3.05) is 7.11 Å². The maximum atomic E-state index is 11.2. The van der Waals surface area contributed by atoms with Crippen molar-refractivity contribution in [3.8, 4) is 0 Å². The van der Waals surface area contributed by atoms with E-state index in [0.29, 0.717) is 0 Å². The average Bonchev–Trinajstić information content (AvgIpc) is 2.35. The summed E-state index contributed by atoms with van der Waals surface area (Å²) in [6.45, 7) is 1.46. The van der Waals surface area contributed by atoms with Crippen LogP contribution in [0.2, 0.25) is 0 Å². The molecule has 1 rings (SSSR count). The summed E-state index contributed by atoms with van der Waals surface area (Å²) in [6, 6.07) is 0. The first kappa shape index (κ1) is 15.9. The molecule has 0 aliphatic carbocycles. The van der Waals surface area contributed by atoms with Crippen molar-refractivity contribution in [1.82, 2.24) is 4.98 Å². The van der Waals surface area contributed by atoms with Gasteiger partial charge in [-0.15, -0.1) is 0 Å². The van der Waals surface area contributed by atoms with Crippen LogP contribution in [0.4, 0.5) is 0 Å². The van der Waals surface area contributed by atoms with Crippen LogP contribution in [0, 0.1) is 0 Å². The Morgan fingerprint density at radius 3 is 1.89 bits per heavy atom. The molecule has 0 radical (unpaired) electrons. The van der Waals surface area contributed by atoms with Gasteiger partial charge in [0.15, 0.2) is 0 Å². The summed E-state index contributed by atoms with van der Waals surface area (Å²) in [6.07, 6.45) is 0.00879. The maximum Gasteiger partial charge on any atom is 0.351 e. The van der Waals surface area contributed by atoms with Crippen molar-refractivity contribution in [2.24, 2.45) is 0 Å². The van der Waals surface area contributed by atoms with Gasteiger partial charge in [0.05, 0.1) is 11.8 Å². The Labute approximate surface area is 109 Å². The van der Waals surface area contributed by atoms with E-state index < -0.39 is 45.1 Å². The lowest BCUT2D eigenvalue weighted by atomic mass is 10.2. The van der Waals surface area contributed by atoms with Crippen LogP contribution in [0.1, 0.15) is 18.7 Å². The lowest BCUT2D eigenvalue weighted by molar-refractivity contribution is 0.117. The zero-order chi connectivity index (χ0) is 14.7. The minimum absolute atomic E-state index is 0.145. The molecule has 102 valence electrons. The van der Waals surface area contributed by atoms with Gasteiger partial charge in [0.1, 0.15) is 15.9 Å². The minimum Gasteiger partial charge on any atom is -0.375 e. The molecule has 0 aliphatic rings. The van der Waals surface area contributed by atoms with E-state index in [1.165, 1.54) is 14.0 Å². The first-order chi connectivity index (χ1) is 8.81. The SMILES string of the molecule is COC(C)c1ncc(P(=O)=O)c(P(=O)=O)c1P(=O)=O. The second-order valence-corrected chi connectivity index (χ2v) is 6.29. The second kappa shape index (κ2) is 6.31. The topological polar surface area (TPSA) is 125 Å². The van der Waals surface area contributed by atoms with Crippen molar-refractivity contribution in [1.29, 1.82) is 0 Å². The second-order valence-electron chi connectivity index (χ2n) is 3.38. The molecule has 0 aromatic carbocycles. The third-order valence-corrected chi connectivity index (χ3v) is 5.07. The van der Waals surface area contributed by atoms with Gasteiger partial charge in [0.2, 0.25) is 0 Å². The lowest BCUT2D eigenvalue weighted by Crippen LogP contribution is -2.33. The molecule has 1 heterocycles. The largest absolute Gasteiger partial charge is 0.375 e. The molecule has 1 aromatic heterocycles. The normalized spacial score (nSPS) is 11.9. The molecule has 0 spiro atoms. The Morgan fingerprint density at radius 2 is 1.53 bits per heavy atom. The van der Waals surface area contributed by atoms with Crippen molar-refractivity contribution in [3.63, 3.8) is 0 Å². The monoisotopic (exact) mass is 323 g/mol. The highest BCUT2D eigenvalue weighted by Gasteiger charge is 2.27. The van der Waals surface area contributed by atoms with E-state index in [-0.39, 0.29) is 5.69 Å². The molecular formula is C8H8NO7P3. The summed E-state index contributed by atoms with van der Waals surface area (Å²) in [7, 11) is -8.75. The molecule has 0 aliphatic heterocycles. The summed E-state index contributed by atoms with van der Waals surface area (Å²) < 4.78 is 71.5. The number of pyridine rings is 1. The van der Waals surface area contributed by atoms with E-state index in [1.54, 1.807) is 0 Å². The Balaban J connectivity index is 3.89. The molecule has 11 heteroatoms. The van der Waals surface area contributed by atoms with E-state index in [1.807, 2.05) is 0 Å². The standard InChI is InChI=1S/C8H8NO7P3/c1-4(16-2)6-8(19(14)15)7(18(12)13)5(3-9-6)17(10)11/h3-4H,1-2H3. The van der Waals surface area contributed by atoms with Crippen molar-refractivity contribution in [3.05, 3.63) is 11.9 Å². The number of hydrogen-bond donors (Lipinski definition) is 0. The number of nitrogens with zero attached hydrogens (tertiary/aromatic N) is 1. The van der Waals surface area contributed by atoms with Gasteiger partial charge >= 0.3 is 23.0 Å². The van der Waals surface area contributed by atoms with Crippen molar-refractivity contribution < 1.29 is 32.1 Å². The van der Waals surface area contributed by atoms with Crippen LogP contribution in [0.15, 0.2) is 6.20 Å². The third-order valence-electron chi connectivity index (χ3n) is 2.34. The van der Waals surface area contributed by atoms with E-state index in [2.05, 4.69) is 4.98 Å². The Morgan fingerprint density at radius 1 is 1.00 bits per heavy atom. The minimum atomic E-state index is -3.41. The first-order valence-corrected chi connectivity index (χ1v) is 8.33. The molecule has 0 N–H and O–H groups in total. The lowest BCUT2D eigenvalue weighted by Gasteiger charge is -2.11. The van der Waals surface area contributed by atoms with Crippen LogP contribution in [-0.4, -0.2) is 12.1 Å². The molecule has 0 bridgehead atoms. The molecule has 19 heavy (non-hydrogen) atoms. The number of rotatable bonds is 5. The molecule has 8 nitrogen and oxygen atoms in total. The fraction of sp³-hybridized carbons (Fsp3) is 0.375. The van der Waals surface area contributed by atoms with E-state index in [0.717, 1.165) is 6.20 Å². The van der Waals surface area contributed by atoms with Crippen LogP contribution < -0.4 is 15.9 Å². The zero-order valence-corrected chi connectivity index (χ0v) is 12.5. The summed E-state index contributed by atoms with van der Waals surface area (Å²) in [5.41, 5.74) is -0.145. The van der Waals surface area contributed by atoms with Gasteiger partial charge in [-0.05, 0) is 6.92 Å². The fourth-order valence-electron chi connectivity index (χ4n) is 1.40. The quantitative estimate of drug-likeness (QED) is 0.740. The number of aromatic nitrogens is 1. The molecular weight excluding hydrogens is 315 g/mol. The predicted molar refractivity (Wildman–Crippen MR) is 63.4 cm³/mol. The Hall–Kier alpha value is -1.19. The predicted octanol–water partition coefficient (Wildman–Crippen LogP) is 1.18. The van der Waals surface area contributed by atoms with E-state index in [9.17, 15) is 27.4 Å². The molecule has 0 saturated carbocycles. The Bertz CT molecular complexity index is 693. The van der Waals surface area contributed by atoms with Crippen molar-refractivity contribution >= 4 is 39.0 Å². The highest BCUT2D eigenvalue weighted by molar-refractivity contribution is 7.52. The van der Waals surface area contributed by atoms with Gasteiger partial charge in [-0.1, -0.05) is 0 Å². The molecule has 0 amide bonds. The van der Waals surface area contributed by atoms with Gasteiger partial charge in [0, 0.05) is 13.3 Å². The fourth-order valence-corrected chi connectivity index (χ4v) is 4.16. The van der Waals surface area contributed by atoms with E-state index >= 15 is 0 Å². The van der Waals surface area contributed by atoms with Gasteiger partial charge < -0.3 is 4.74 Å². The van der Waals surface area contributed by atoms with Gasteiger partial charge in [-0.25, -0.2) is 27.4 Å². The number of hydrogen-bond acceptors (Lipinski definition) is 8. The van der Waals surface area contributed by atoms with Crippen LogP contribution in [-0.2, 0) is 32.1 Å². The zero-order valence-electron chi connectivity index (χ0n) is 9.80. The van der Waals surface area contributed by atoms with Crippen molar-refractivity contribution in [2.45, 2.75) is 13.0 Å². The number of ether oxygens (including phenoxy) is 1. The van der Waals surface area contributed by atoms with Crippen LogP contribution >= 0.6 is 23.0 Å². The summed E-state index contributed by atoms with van der Waals surface area (Å²) in [4.78, 5) is 3.67. The van der Waals surface area contributed by atoms with Crippen LogP contribution in [0.3, 0.4) is 0 Å². The third kappa shape index (κ3) is 3.23. The average molecular weight is 323 g/mol. The first-order valence-electron chi connectivity index (χ1n) is 4.80. The summed E-state index contributed by atoms with van der Waals surface area (Å²) >= 11 is 0. The maximum absolute atomic E-state index is 11.2. The summed E-state index contributed by atoms with van der Waals surface area (Å²) in [5, 5.41) is -2.05. The molecule has 1 unspecified atom stereocenters. The molecule has 1 atom stereocenters. The van der Waals surface area contributed by atoms with Crippen LogP contribution in [0.5, 0.6) is 0 Å². The smallest absolute Gasteiger partial charge is 0.351 e. The van der Waals surface area contributed by atoms with Gasteiger partial charge in [-0.2, -0.15) is 0 Å². The highest BCUT2D eigenvalue weighted by atomic mass is 31.1. The van der Waals surface area contributed by atoms with E-state index in [4.69, 9.17) is 4.74 Å². The van der Waals surface area contributed by atoms with Gasteiger partial charge in [-0.3, -0.25) is 4.98 Å².